The smallest absolute Gasteiger partial charge is 0.244 e. The topological polar surface area (TPSA) is 55.1 Å². The van der Waals surface area contributed by atoms with Gasteiger partial charge < -0.3 is 11.1 Å². The number of aryl methyl sites for hydroxylation is 1. The van der Waals surface area contributed by atoms with E-state index in [0.717, 1.165) is 11.3 Å². The molecule has 0 saturated carbocycles. The van der Waals surface area contributed by atoms with Crippen molar-refractivity contribution in [2.45, 2.75) is 13.5 Å². The molecule has 1 aromatic heterocycles. The third kappa shape index (κ3) is 3.96. The van der Waals surface area contributed by atoms with Crippen molar-refractivity contribution in [3.8, 4) is 0 Å². The first-order chi connectivity index (χ1) is 9.15. The second-order valence-electron chi connectivity index (χ2n) is 4.24. The lowest BCUT2D eigenvalue weighted by atomic mass is 10.2. The molecule has 1 amide bonds. The molecule has 0 spiro atoms. The fraction of sp³-hybridized carbons (Fsp3) is 0.133. The van der Waals surface area contributed by atoms with Gasteiger partial charge in [0.1, 0.15) is 0 Å². The Labute approximate surface area is 116 Å². The lowest BCUT2D eigenvalue weighted by Gasteiger charge is -2.01. The predicted molar refractivity (Wildman–Crippen MR) is 80.8 cm³/mol. The van der Waals surface area contributed by atoms with Gasteiger partial charge in [0.15, 0.2) is 0 Å². The summed E-state index contributed by atoms with van der Waals surface area (Å²) in [5.41, 5.74) is 8.48. The van der Waals surface area contributed by atoms with Gasteiger partial charge in [-0.15, -0.1) is 11.3 Å². The average Bonchev–Trinajstić information content (AvgIpc) is 2.81. The molecule has 3 N–H and O–H groups in total. The van der Waals surface area contributed by atoms with Crippen molar-refractivity contribution in [3.05, 3.63) is 57.8 Å². The molecule has 2 rings (SSSR count). The van der Waals surface area contributed by atoms with Gasteiger partial charge in [0.05, 0.1) is 6.54 Å². The molecule has 0 aliphatic rings. The zero-order valence-corrected chi connectivity index (χ0v) is 11.5. The van der Waals surface area contributed by atoms with E-state index in [2.05, 4.69) is 11.4 Å². The number of anilines is 1. The Morgan fingerprint density at radius 1 is 1.32 bits per heavy atom. The van der Waals surface area contributed by atoms with Crippen molar-refractivity contribution in [1.82, 2.24) is 5.32 Å². The van der Waals surface area contributed by atoms with Gasteiger partial charge in [-0.1, -0.05) is 12.1 Å². The monoisotopic (exact) mass is 272 g/mol. The summed E-state index contributed by atoms with van der Waals surface area (Å²) < 4.78 is 0. The van der Waals surface area contributed by atoms with Gasteiger partial charge in [-0.05, 0) is 47.7 Å². The molecule has 0 atom stereocenters. The van der Waals surface area contributed by atoms with E-state index in [1.54, 1.807) is 17.4 Å². The third-order valence-electron chi connectivity index (χ3n) is 2.75. The van der Waals surface area contributed by atoms with Gasteiger partial charge in [-0.3, -0.25) is 4.79 Å². The van der Waals surface area contributed by atoms with Crippen LogP contribution in [0.3, 0.4) is 0 Å². The number of carbonyl (C=O) groups is 1. The minimum Gasteiger partial charge on any atom is -0.399 e. The molecule has 98 valence electrons. The van der Waals surface area contributed by atoms with Crippen LogP contribution in [0.2, 0.25) is 0 Å². The van der Waals surface area contributed by atoms with E-state index in [-0.39, 0.29) is 5.91 Å². The molecule has 1 heterocycles. The number of hydrogen-bond donors (Lipinski definition) is 2. The molecule has 0 aliphatic heterocycles. The van der Waals surface area contributed by atoms with E-state index < -0.39 is 0 Å². The summed E-state index contributed by atoms with van der Waals surface area (Å²) in [5, 5.41) is 4.90. The van der Waals surface area contributed by atoms with E-state index in [0.29, 0.717) is 6.54 Å². The average molecular weight is 272 g/mol. The Balaban J connectivity index is 1.87. The second kappa shape index (κ2) is 6.20. The van der Waals surface area contributed by atoms with Crippen LogP contribution >= 0.6 is 11.3 Å². The maximum atomic E-state index is 11.7. The fourth-order valence-electron chi connectivity index (χ4n) is 1.59. The highest BCUT2D eigenvalue weighted by atomic mass is 32.1. The highest BCUT2D eigenvalue weighted by Gasteiger charge is 2.01. The van der Waals surface area contributed by atoms with Crippen LogP contribution in [0, 0.1) is 6.92 Å². The largest absolute Gasteiger partial charge is 0.399 e. The molecule has 0 unspecified atom stereocenters. The lowest BCUT2D eigenvalue weighted by molar-refractivity contribution is -0.116. The van der Waals surface area contributed by atoms with Crippen molar-refractivity contribution < 1.29 is 4.79 Å². The van der Waals surface area contributed by atoms with Gasteiger partial charge in [-0.2, -0.15) is 0 Å². The molecule has 19 heavy (non-hydrogen) atoms. The number of nitrogens with two attached hydrogens (primary N) is 1. The van der Waals surface area contributed by atoms with Crippen LogP contribution in [0.15, 0.2) is 41.8 Å². The number of rotatable bonds is 4. The molecule has 2 aromatic rings. The first-order valence-corrected chi connectivity index (χ1v) is 6.87. The summed E-state index contributed by atoms with van der Waals surface area (Å²) in [7, 11) is 0. The van der Waals surface area contributed by atoms with E-state index in [4.69, 9.17) is 5.73 Å². The van der Waals surface area contributed by atoms with Crippen LogP contribution < -0.4 is 11.1 Å². The lowest BCUT2D eigenvalue weighted by Crippen LogP contribution is -2.19. The Morgan fingerprint density at radius 2 is 2.05 bits per heavy atom. The van der Waals surface area contributed by atoms with Crippen LogP contribution in [0.1, 0.15) is 16.0 Å². The summed E-state index contributed by atoms with van der Waals surface area (Å²) in [4.78, 5) is 12.9. The van der Waals surface area contributed by atoms with Crippen LogP contribution in [0.4, 0.5) is 5.69 Å². The fourth-order valence-corrected chi connectivity index (χ4v) is 2.44. The zero-order chi connectivity index (χ0) is 13.7. The van der Waals surface area contributed by atoms with E-state index >= 15 is 0 Å². The first kappa shape index (κ1) is 13.4. The van der Waals surface area contributed by atoms with E-state index in [1.165, 1.54) is 16.5 Å². The van der Waals surface area contributed by atoms with Gasteiger partial charge in [0.25, 0.3) is 0 Å². The van der Waals surface area contributed by atoms with Crippen molar-refractivity contribution in [2.75, 3.05) is 5.73 Å². The second-order valence-corrected chi connectivity index (χ2v) is 5.25. The minimum absolute atomic E-state index is 0.0929. The summed E-state index contributed by atoms with van der Waals surface area (Å²) in [6.45, 7) is 2.62. The molecular formula is C15H16N2OS. The predicted octanol–water partition coefficient (Wildman–Crippen LogP) is 2.97. The molecule has 3 nitrogen and oxygen atoms in total. The number of amides is 1. The maximum absolute atomic E-state index is 11.7. The van der Waals surface area contributed by atoms with Crippen molar-refractivity contribution in [1.29, 1.82) is 0 Å². The quantitative estimate of drug-likeness (QED) is 0.664. The molecular weight excluding hydrogens is 256 g/mol. The van der Waals surface area contributed by atoms with Crippen LogP contribution in [0.25, 0.3) is 6.08 Å². The number of benzene rings is 1. The number of hydrogen-bond acceptors (Lipinski definition) is 3. The Kier molecular flexibility index (Phi) is 4.36. The Hall–Kier alpha value is -2.07. The Morgan fingerprint density at radius 3 is 2.68 bits per heavy atom. The van der Waals surface area contributed by atoms with Gasteiger partial charge in [-0.25, -0.2) is 0 Å². The van der Waals surface area contributed by atoms with Gasteiger partial charge in [0, 0.05) is 16.6 Å². The minimum atomic E-state index is -0.0929. The van der Waals surface area contributed by atoms with Crippen molar-refractivity contribution in [2.24, 2.45) is 0 Å². The molecule has 0 fully saturated rings. The third-order valence-corrected chi connectivity index (χ3v) is 3.78. The molecule has 1 aromatic carbocycles. The number of thiophene rings is 1. The normalized spacial score (nSPS) is 10.8. The van der Waals surface area contributed by atoms with Gasteiger partial charge in [0.2, 0.25) is 5.91 Å². The first-order valence-electron chi connectivity index (χ1n) is 5.99. The van der Waals surface area contributed by atoms with E-state index in [9.17, 15) is 4.79 Å². The maximum Gasteiger partial charge on any atom is 0.244 e. The zero-order valence-electron chi connectivity index (χ0n) is 10.7. The summed E-state index contributed by atoms with van der Waals surface area (Å²) >= 11 is 1.65. The highest BCUT2D eigenvalue weighted by molar-refractivity contribution is 7.10. The highest BCUT2D eigenvalue weighted by Crippen LogP contribution is 2.14. The van der Waals surface area contributed by atoms with E-state index in [1.807, 2.05) is 36.6 Å². The summed E-state index contributed by atoms with van der Waals surface area (Å²) in [6.07, 6.45) is 3.31. The molecule has 4 heteroatoms. The number of carbonyl (C=O) groups excluding carboxylic acids is 1. The van der Waals surface area contributed by atoms with Crippen LogP contribution in [-0.4, -0.2) is 5.91 Å². The summed E-state index contributed by atoms with van der Waals surface area (Å²) in [5.74, 6) is -0.0929. The van der Waals surface area contributed by atoms with Gasteiger partial charge >= 0.3 is 0 Å². The number of nitrogens with one attached hydrogen (secondary N) is 1. The Bertz CT molecular complexity index is 584. The van der Waals surface area contributed by atoms with Crippen LogP contribution in [0.5, 0.6) is 0 Å². The molecule has 0 saturated heterocycles. The van der Waals surface area contributed by atoms with Crippen molar-refractivity contribution >= 4 is 29.0 Å². The molecule has 0 aliphatic carbocycles. The SMILES string of the molecule is Cc1ccsc1CNC(=O)/C=C/c1ccc(N)cc1. The summed E-state index contributed by atoms with van der Waals surface area (Å²) in [6, 6.07) is 9.43. The standard InChI is InChI=1S/C15H16N2OS/c1-11-8-9-19-14(11)10-17-15(18)7-4-12-2-5-13(16)6-3-12/h2-9H,10,16H2,1H3,(H,17,18)/b7-4+. The molecule has 0 bridgehead atoms. The van der Waals surface area contributed by atoms with Crippen molar-refractivity contribution in [3.63, 3.8) is 0 Å². The molecule has 0 radical (unpaired) electrons. The van der Waals surface area contributed by atoms with Crippen LogP contribution in [-0.2, 0) is 11.3 Å². The number of nitrogen functional groups attached to an aromatic ring is 1.